The minimum atomic E-state index is -0.614. The van der Waals surface area contributed by atoms with E-state index < -0.39 is 5.41 Å². The van der Waals surface area contributed by atoms with Crippen molar-refractivity contribution in [2.75, 3.05) is 4.90 Å². The molecule has 1 aromatic heterocycles. The van der Waals surface area contributed by atoms with Gasteiger partial charge in [0, 0.05) is 35.0 Å². The molecule has 0 saturated heterocycles. The Hall–Kier alpha value is -6.65. The van der Waals surface area contributed by atoms with Crippen LogP contribution in [0.2, 0.25) is 0 Å². The van der Waals surface area contributed by atoms with Gasteiger partial charge in [0.1, 0.15) is 0 Å². The second-order valence-electron chi connectivity index (χ2n) is 13.8. The number of fused-ring (bicyclic) bond motifs is 9. The summed E-state index contributed by atoms with van der Waals surface area (Å²) < 4.78 is 0. The van der Waals surface area contributed by atoms with Gasteiger partial charge in [-0.3, -0.25) is 4.98 Å². The summed E-state index contributed by atoms with van der Waals surface area (Å²) in [6.45, 7) is 2.22. The largest absolute Gasteiger partial charge is 0.310 e. The summed E-state index contributed by atoms with van der Waals surface area (Å²) in [4.78, 5) is 18.4. The molecule has 0 unspecified atom stereocenters. The normalized spacial score (nSPS) is 15.2. The van der Waals surface area contributed by atoms with Crippen LogP contribution in [0.5, 0.6) is 0 Å². The van der Waals surface area contributed by atoms with Crippen LogP contribution in [0.25, 0.3) is 17.0 Å². The number of hydrogen-bond donors (Lipinski definition) is 0. The quantitative estimate of drug-likeness (QED) is 0.182. The zero-order chi connectivity index (χ0) is 35.4. The van der Waals surface area contributed by atoms with Crippen LogP contribution in [0.1, 0.15) is 58.7 Å². The van der Waals surface area contributed by atoms with Gasteiger partial charge in [0.2, 0.25) is 0 Å². The number of rotatable bonds is 5. The summed E-state index contributed by atoms with van der Waals surface area (Å²) in [6.07, 6.45) is 3.53. The van der Waals surface area contributed by atoms with Crippen molar-refractivity contribution in [2.45, 2.75) is 25.2 Å². The highest BCUT2D eigenvalue weighted by molar-refractivity contribution is 6.16. The zero-order valence-corrected chi connectivity index (χ0v) is 29.4. The van der Waals surface area contributed by atoms with Crippen LogP contribution in [0.4, 0.5) is 17.1 Å². The highest BCUT2D eigenvalue weighted by atomic mass is 15.2. The Morgan fingerprint density at radius 2 is 1.15 bits per heavy atom. The number of para-hydroxylation sites is 3. The number of benzene rings is 6. The number of anilines is 3. The Morgan fingerprint density at radius 1 is 0.547 bits per heavy atom. The van der Waals surface area contributed by atoms with Crippen molar-refractivity contribution in [3.05, 3.63) is 221 Å². The van der Waals surface area contributed by atoms with Gasteiger partial charge in [0.15, 0.2) is 5.84 Å². The van der Waals surface area contributed by atoms with Gasteiger partial charge in [-0.15, -0.1) is 0 Å². The first kappa shape index (κ1) is 31.1. The summed E-state index contributed by atoms with van der Waals surface area (Å²) >= 11 is 0. The third-order valence-corrected chi connectivity index (χ3v) is 11.0. The summed E-state index contributed by atoms with van der Waals surface area (Å²) in [7, 11) is 0. The van der Waals surface area contributed by atoms with E-state index in [-0.39, 0.29) is 0 Å². The first-order valence-corrected chi connectivity index (χ1v) is 18.4. The molecular formula is C49H36N4. The average molecular weight is 681 g/mol. The minimum absolute atomic E-state index is 0.614. The number of nitrogens with zero attached hydrogens (tertiary/aromatic N) is 4. The lowest BCUT2D eigenvalue weighted by Gasteiger charge is -2.44. The molecule has 0 N–H and O–H groups in total. The molecule has 53 heavy (non-hydrogen) atoms. The van der Waals surface area contributed by atoms with Gasteiger partial charge in [-0.2, -0.15) is 0 Å². The molecule has 0 fully saturated rings. The van der Waals surface area contributed by atoms with Gasteiger partial charge in [-0.25, -0.2) is 9.98 Å². The standard InChI is InChI=1S/C49H36N4/c1-2-33-32-43(34-17-6-3-7-18-34)51-48(52-46(33)35-19-8-4-9-20-35)36-28-29-38-42(31-36)49(41-25-16-30-50-47(38)41)39-23-12-14-26-44(39)53(37-21-10-5-11-22-37)45-27-15-13-24-40(45)49/h3-31H,2,32H2,1H3. The monoisotopic (exact) mass is 680 g/mol. The lowest BCUT2D eigenvalue weighted by molar-refractivity contribution is 0.750. The van der Waals surface area contributed by atoms with Gasteiger partial charge in [-0.05, 0) is 76.2 Å². The van der Waals surface area contributed by atoms with Crippen LogP contribution in [-0.2, 0) is 5.41 Å². The molecule has 7 aromatic rings. The maximum atomic E-state index is 5.48. The number of hydrogen-bond acceptors (Lipinski definition) is 4. The van der Waals surface area contributed by atoms with Gasteiger partial charge in [0.25, 0.3) is 0 Å². The SMILES string of the molecule is CCC1=C(c2ccccc2)N=C(c2ccc3c(c2)C2(c4ccccc4N(c4ccccc4)c4ccccc42)c2cccnc2-3)N=C(c2ccccc2)C1. The number of amidine groups is 1. The Morgan fingerprint density at radius 3 is 1.83 bits per heavy atom. The summed E-state index contributed by atoms with van der Waals surface area (Å²) in [5.74, 6) is 0.719. The van der Waals surface area contributed by atoms with Crippen LogP contribution in [0, 0.1) is 0 Å². The van der Waals surface area contributed by atoms with Crippen molar-refractivity contribution in [1.29, 1.82) is 0 Å². The van der Waals surface area contributed by atoms with E-state index >= 15 is 0 Å². The van der Waals surface area contributed by atoms with E-state index in [1.807, 2.05) is 6.20 Å². The first-order chi connectivity index (χ1) is 26.3. The molecule has 10 rings (SSSR count). The fourth-order valence-electron chi connectivity index (χ4n) is 8.70. The molecule has 0 bridgehead atoms. The maximum Gasteiger partial charge on any atom is 0.160 e. The molecule has 0 radical (unpaired) electrons. The Bertz CT molecular complexity index is 2570. The van der Waals surface area contributed by atoms with Crippen molar-refractivity contribution in [3.8, 4) is 11.3 Å². The molecule has 0 atom stereocenters. The molecular weight excluding hydrogens is 645 g/mol. The van der Waals surface area contributed by atoms with E-state index in [1.165, 1.54) is 27.8 Å². The Labute approximate surface area is 310 Å². The van der Waals surface area contributed by atoms with E-state index in [9.17, 15) is 0 Å². The lowest BCUT2D eigenvalue weighted by Crippen LogP contribution is -2.36. The predicted octanol–water partition coefficient (Wildman–Crippen LogP) is 11.7. The van der Waals surface area contributed by atoms with Crippen molar-refractivity contribution in [3.63, 3.8) is 0 Å². The number of pyridine rings is 1. The van der Waals surface area contributed by atoms with Gasteiger partial charge >= 0.3 is 0 Å². The van der Waals surface area contributed by atoms with E-state index in [0.29, 0.717) is 0 Å². The van der Waals surface area contributed by atoms with Gasteiger partial charge in [-0.1, -0.05) is 140 Å². The van der Waals surface area contributed by atoms with Gasteiger partial charge in [0.05, 0.1) is 33.9 Å². The van der Waals surface area contributed by atoms with Crippen LogP contribution >= 0.6 is 0 Å². The molecule has 6 aromatic carbocycles. The minimum Gasteiger partial charge on any atom is -0.310 e. The molecule has 4 heteroatoms. The zero-order valence-electron chi connectivity index (χ0n) is 29.4. The number of aliphatic imine (C=N–C) groups is 2. The number of aromatic nitrogens is 1. The molecule has 1 spiro atoms. The average Bonchev–Trinajstić information content (AvgIpc) is 3.37. The molecule has 3 heterocycles. The second-order valence-corrected chi connectivity index (χ2v) is 13.8. The lowest BCUT2D eigenvalue weighted by atomic mass is 9.64. The molecule has 3 aliphatic rings. The highest BCUT2D eigenvalue weighted by Gasteiger charge is 2.52. The van der Waals surface area contributed by atoms with Crippen molar-refractivity contribution in [1.82, 2.24) is 4.98 Å². The van der Waals surface area contributed by atoms with Crippen molar-refractivity contribution < 1.29 is 0 Å². The third-order valence-electron chi connectivity index (χ3n) is 11.0. The van der Waals surface area contributed by atoms with E-state index in [4.69, 9.17) is 15.0 Å². The Kier molecular flexibility index (Phi) is 7.36. The third kappa shape index (κ3) is 4.79. The second kappa shape index (κ2) is 12.5. The van der Waals surface area contributed by atoms with Crippen LogP contribution in [0.3, 0.4) is 0 Å². The molecule has 0 saturated carbocycles. The van der Waals surface area contributed by atoms with Gasteiger partial charge < -0.3 is 4.90 Å². The smallest absolute Gasteiger partial charge is 0.160 e. The Balaban J connectivity index is 1.26. The van der Waals surface area contributed by atoms with Crippen molar-refractivity contribution >= 4 is 34.3 Å². The fraction of sp³-hybridized carbons (Fsp3) is 0.0816. The topological polar surface area (TPSA) is 40.9 Å². The molecule has 0 amide bonds. The molecule has 4 nitrogen and oxygen atoms in total. The van der Waals surface area contributed by atoms with Crippen LogP contribution in [0.15, 0.2) is 192 Å². The number of allylic oxidation sites excluding steroid dienone is 1. The van der Waals surface area contributed by atoms with Crippen LogP contribution in [-0.4, -0.2) is 16.5 Å². The highest BCUT2D eigenvalue weighted by Crippen LogP contribution is 2.63. The fourth-order valence-corrected chi connectivity index (χ4v) is 8.70. The predicted molar refractivity (Wildman–Crippen MR) is 218 cm³/mol. The molecule has 1 aliphatic carbocycles. The summed E-state index contributed by atoms with van der Waals surface area (Å²) in [6, 6.07) is 60.7. The maximum absolute atomic E-state index is 5.48. The molecule has 252 valence electrons. The summed E-state index contributed by atoms with van der Waals surface area (Å²) in [5, 5.41) is 0. The van der Waals surface area contributed by atoms with Crippen LogP contribution < -0.4 is 4.90 Å². The van der Waals surface area contributed by atoms with E-state index in [2.05, 4.69) is 182 Å². The molecule has 2 aliphatic heterocycles. The van der Waals surface area contributed by atoms with Crippen molar-refractivity contribution in [2.24, 2.45) is 9.98 Å². The van der Waals surface area contributed by atoms with E-state index in [0.717, 1.165) is 75.1 Å². The first-order valence-electron chi connectivity index (χ1n) is 18.4. The van der Waals surface area contributed by atoms with E-state index in [1.54, 1.807) is 0 Å². The summed E-state index contributed by atoms with van der Waals surface area (Å²) in [5.41, 5.74) is 16.3.